The van der Waals surface area contributed by atoms with Crippen LogP contribution in [0.4, 0.5) is 4.39 Å². The largest absolute Gasteiger partial charge is 0.385 e. The highest BCUT2D eigenvalue weighted by molar-refractivity contribution is 5.54. The predicted octanol–water partition coefficient (Wildman–Crippen LogP) is 3.05. The second-order valence-electron chi connectivity index (χ2n) is 9.02. The minimum atomic E-state index is -0.637. The van der Waals surface area contributed by atoms with Crippen LogP contribution >= 0.6 is 0 Å². The van der Waals surface area contributed by atoms with Gasteiger partial charge in [-0.3, -0.25) is 9.36 Å². The van der Waals surface area contributed by atoms with Crippen molar-refractivity contribution in [2.45, 2.75) is 70.4 Å². The Balaban J connectivity index is 1.22. The number of hydrogen-bond acceptors (Lipinski definition) is 6. The minimum Gasteiger partial charge on any atom is -0.385 e. The van der Waals surface area contributed by atoms with Gasteiger partial charge < -0.3 is 14.5 Å². The van der Waals surface area contributed by atoms with E-state index in [9.17, 15) is 14.3 Å². The lowest BCUT2D eigenvalue weighted by Gasteiger charge is -2.31. The molecule has 4 heterocycles. The number of piperidine rings is 1. The molecule has 166 valence electrons. The number of aromatic nitrogens is 3. The number of aryl methyl sites for hydroxylation is 1. The normalized spacial score (nSPS) is 22.2. The molecule has 0 radical (unpaired) electrons. The summed E-state index contributed by atoms with van der Waals surface area (Å²) in [6, 6.07) is 0. The number of fused-ring (bicyclic) bond motifs is 2. The van der Waals surface area contributed by atoms with Crippen LogP contribution < -0.4 is 5.56 Å². The summed E-state index contributed by atoms with van der Waals surface area (Å²) in [6.07, 6.45) is 6.04. The van der Waals surface area contributed by atoms with Gasteiger partial charge in [0.15, 0.2) is 5.76 Å². The van der Waals surface area contributed by atoms with Crippen LogP contribution in [0.3, 0.4) is 0 Å². The monoisotopic (exact) mass is 428 g/mol. The van der Waals surface area contributed by atoms with E-state index in [1.54, 1.807) is 4.57 Å². The molecule has 7 nitrogen and oxygen atoms in total. The van der Waals surface area contributed by atoms with E-state index in [0.717, 1.165) is 61.4 Å². The molecule has 0 bridgehead atoms. The maximum atomic E-state index is 13.5. The van der Waals surface area contributed by atoms with E-state index < -0.39 is 6.10 Å². The molecule has 1 aliphatic carbocycles. The number of aliphatic hydroxyl groups excluding tert-OH is 1. The number of halogens is 1. The molecule has 5 rings (SSSR count). The van der Waals surface area contributed by atoms with Crippen LogP contribution in [0.5, 0.6) is 0 Å². The van der Waals surface area contributed by atoms with Gasteiger partial charge in [-0.25, -0.2) is 9.37 Å². The Bertz CT molecular complexity index is 1070. The summed E-state index contributed by atoms with van der Waals surface area (Å²) in [5.74, 6) is 1.31. The first-order chi connectivity index (χ1) is 15.0. The first kappa shape index (κ1) is 20.6. The fraction of sp³-hybridized carbons (Fsp3) is 0.609. The zero-order valence-corrected chi connectivity index (χ0v) is 17.9. The van der Waals surface area contributed by atoms with Gasteiger partial charge >= 0.3 is 0 Å². The van der Waals surface area contributed by atoms with E-state index in [4.69, 9.17) is 4.52 Å². The topological polar surface area (TPSA) is 84.4 Å². The molecule has 2 aromatic heterocycles. The van der Waals surface area contributed by atoms with E-state index in [2.05, 4.69) is 15.0 Å². The SMILES string of the molecule is Cc1nc2n(c(=O)c1CCN1CCC(c3noc4c3CCC(F)=C4)CC1)CCCC2O. The van der Waals surface area contributed by atoms with Crippen molar-refractivity contribution in [3.8, 4) is 0 Å². The van der Waals surface area contributed by atoms with Crippen molar-refractivity contribution in [2.75, 3.05) is 19.6 Å². The maximum absolute atomic E-state index is 13.5. The van der Waals surface area contributed by atoms with Crippen LogP contribution in [0.15, 0.2) is 15.1 Å². The van der Waals surface area contributed by atoms with E-state index in [-0.39, 0.29) is 11.4 Å². The molecule has 2 aromatic rings. The first-order valence-corrected chi connectivity index (χ1v) is 11.4. The first-order valence-electron chi connectivity index (χ1n) is 11.4. The average Bonchev–Trinajstić information content (AvgIpc) is 3.18. The Morgan fingerprint density at radius 2 is 2.03 bits per heavy atom. The fourth-order valence-electron chi connectivity index (χ4n) is 5.23. The fourth-order valence-corrected chi connectivity index (χ4v) is 5.23. The van der Waals surface area contributed by atoms with Crippen molar-refractivity contribution in [1.29, 1.82) is 0 Å². The average molecular weight is 429 g/mol. The molecule has 0 amide bonds. The molecule has 1 atom stereocenters. The van der Waals surface area contributed by atoms with Gasteiger partial charge in [0.05, 0.1) is 5.69 Å². The summed E-state index contributed by atoms with van der Waals surface area (Å²) in [6.45, 7) is 5.20. The number of rotatable bonds is 4. The van der Waals surface area contributed by atoms with Crippen LogP contribution in [-0.4, -0.2) is 44.3 Å². The van der Waals surface area contributed by atoms with Crippen molar-refractivity contribution in [3.05, 3.63) is 50.3 Å². The molecular formula is C23H29FN4O3. The Labute approximate surface area is 180 Å². The van der Waals surface area contributed by atoms with Gasteiger partial charge in [-0.1, -0.05) is 5.16 Å². The Kier molecular flexibility index (Phi) is 5.52. The van der Waals surface area contributed by atoms with E-state index in [0.29, 0.717) is 49.7 Å². The van der Waals surface area contributed by atoms with Crippen molar-refractivity contribution in [1.82, 2.24) is 19.6 Å². The Hall–Kier alpha value is -2.32. The molecule has 1 N–H and O–H groups in total. The van der Waals surface area contributed by atoms with Gasteiger partial charge in [-0.15, -0.1) is 0 Å². The molecule has 3 aliphatic rings. The maximum Gasteiger partial charge on any atom is 0.257 e. The molecule has 0 aromatic carbocycles. The van der Waals surface area contributed by atoms with E-state index in [1.807, 2.05) is 6.92 Å². The summed E-state index contributed by atoms with van der Waals surface area (Å²) in [5, 5.41) is 14.4. The van der Waals surface area contributed by atoms with Gasteiger partial charge in [0.2, 0.25) is 0 Å². The highest BCUT2D eigenvalue weighted by Gasteiger charge is 2.29. The van der Waals surface area contributed by atoms with Gasteiger partial charge in [-0.05, 0) is 58.5 Å². The molecule has 2 aliphatic heterocycles. The Morgan fingerprint density at radius 3 is 2.84 bits per heavy atom. The summed E-state index contributed by atoms with van der Waals surface area (Å²) < 4.78 is 20.5. The lowest BCUT2D eigenvalue weighted by Crippen LogP contribution is -2.37. The van der Waals surface area contributed by atoms with E-state index in [1.165, 1.54) is 6.08 Å². The van der Waals surface area contributed by atoms with Crippen LogP contribution in [0.1, 0.15) is 78.2 Å². The van der Waals surface area contributed by atoms with Crippen LogP contribution in [0.25, 0.3) is 6.08 Å². The highest BCUT2D eigenvalue weighted by atomic mass is 19.1. The Morgan fingerprint density at radius 1 is 1.23 bits per heavy atom. The third kappa shape index (κ3) is 3.87. The molecule has 1 unspecified atom stereocenters. The lowest BCUT2D eigenvalue weighted by atomic mass is 9.88. The van der Waals surface area contributed by atoms with Crippen molar-refractivity contribution < 1.29 is 14.0 Å². The molecule has 8 heteroatoms. The third-order valence-electron chi connectivity index (χ3n) is 7.06. The minimum absolute atomic E-state index is 0.00523. The van der Waals surface area contributed by atoms with Crippen molar-refractivity contribution in [2.24, 2.45) is 0 Å². The predicted molar refractivity (Wildman–Crippen MR) is 113 cm³/mol. The standard InChI is InChI=1S/C23H29FN4O3/c1-14-17(23(30)28-9-2-3-19(29)22(28)25-14)8-12-27-10-6-15(7-11-27)21-18-5-4-16(24)13-20(18)31-26-21/h13,15,19,29H,2-12H2,1H3. The molecular weight excluding hydrogens is 399 g/mol. The second-order valence-corrected chi connectivity index (χ2v) is 9.02. The summed E-state index contributed by atoms with van der Waals surface area (Å²) >= 11 is 0. The highest BCUT2D eigenvalue weighted by Crippen LogP contribution is 2.35. The van der Waals surface area contributed by atoms with Gasteiger partial charge in [0.25, 0.3) is 5.56 Å². The smallest absolute Gasteiger partial charge is 0.257 e. The van der Waals surface area contributed by atoms with Crippen molar-refractivity contribution in [3.63, 3.8) is 0 Å². The second kappa shape index (κ2) is 8.31. The molecule has 1 fully saturated rings. The van der Waals surface area contributed by atoms with Gasteiger partial charge in [0.1, 0.15) is 17.8 Å². The number of allylic oxidation sites excluding steroid dienone is 1. The molecule has 1 saturated heterocycles. The summed E-state index contributed by atoms with van der Waals surface area (Å²) in [4.78, 5) is 19.9. The number of nitrogens with zero attached hydrogens (tertiary/aromatic N) is 4. The zero-order valence-electron chi connectivity index (χ0n) is 17.9. The lowest BCUT2D eigenvalue weighted by molar-refractivity contribution is 0.129. The van der Waals surface area contributed by atoms with Crippen LogP contribution in [-0.2, 0) is 19.4 Å². The number of hydrogen-bond donors (Lipinski definition) is 1. The quantitative estimate of drug-likeness (QED) is 0.806. The number of aliphatic hydroxyl groups is 1. The summed E-state index contributed by atoms with van der Waals surface area (Å²) in [7, 11) is 0. The molecule has 31 heavy (non-hydrogen) atoms. The third-order valence-corrected chi connectivity index (χ3v) is 7.06. The number of likely N-dealkylation sites (tertiary alicyclic amines) is 1. The van der Waals surface area contributed by atoms with Crippen molar-refractivity contribution >= 4 is 6.08 Å². The van der Waals surface area contributed by atoms with Gasteiger partial charge in [0, 0.05) is 48.3 Å². The summed E-state index contributed by atoms with van der Waals surface area (Å²) in [5.41, 5.74) is 3.59. The van der Waals surface area contributed by atoms with E-state index >= 15 is 0 Å². The molecule has 0 saturated carbocycles. The zero-order chi connectivity index (χ0) is 21.5. The van der Waals surface area contributed by atoms with Crippen LogP contribution in [0, 0.1) is 6.92 Å². The molecule has 0 spiro atoms. The van der Waals surface area contributed by atoms with Crippen LogP contribution in [0.2, 0.25) is 0 Å². The van der Waals surface area contributed by atoms with Gasteiger partial charge in [-0.2, -0.15) is 0 Å².